The molecule has 4 aromatic rings. The normalized spacial score (nSPS) is 19.4. The number of likely N-dealkylation sites (tertiary alicyclic amines) is 1. The Balaban J connectivity index is 1.20. The molecule has 0 bridgehead atoms. The lowest BCUT2D eigenvalue weighted by atomic mass is 10.0. The molecule has 8 heteroatoms. The molecule has 2 fully saturated rings. The van der Waals surface area contributed by atoms with Crippen LogP contribution in [0.4, 0.5) is 0 Å². The van der Waals surface area contributed by atoms with Crippen LogP contribution in [0.3, 0.4) is 0 Å². The first-order chi connectivity index (χ1) is 16.3. The molecule has 1 aromatic carbocycles. The number of piperidine rings is 1. The van der Waals surface area contributed by atoms with Crippen molar-refractivity contribution in [2.45, 2.75) is 37.8 Å². The van der Waals surface area contributed by atoms with Crippen molar-refractivity contribution in [2.24, 2.45) is 0 Å². The minimum Gasteiger partial charge on any atom is -0.370 e. The Kier molecular flexibility index (Phi) is 5.14. The minimum atomic E-state index is -0.00362. The summed E-state index contributed by atoms with van der Waals surface area (Å²) in [4.78, 5) is 24.6. The summed E-state index contributed by atoms with van der Waals surface area (Å²) in [5, 5.41) is 7.27. The van der Waals surface area contributed by atoms with Gasteiger partial charge in [-0.3, -0.25) is 9.89 Å². The lowest BCUT2D eigenvalue weighted by Gasteiger charge is -2.33. The van der Waals surface area contributed by atoms with Gasteiger partial charge >= 0.3 is 0 Å². The number of carbonyl (C=O) groups excluding carboxylic acids is 1. The molecule has 2 aliphatic rings. The summed E-state index contributed by atoms with van der Waals surface area (Å²) in [7, 11) is 0. The zero-order chi connectivity index (χ0) is 22.2. The second-order valence-corrected chi connectivity index (χ2v) is 8.74. The Morgan fingerprint density at radius 3 is 2.70 bits per heavy atom. The number of fused-ring (bicyclic) bond motifs is 1. The average Bonchev–Trinajstić information content (AvgIpc) is 3.64. The van der Waals surface area contributed by atoms with E-state index < -0.39 is 0 Å². The van der Waals surface area contributed by atoms with Crippen LogP contribution in [0.1, 0.15) is 54.1 Å². The van der Waals surface area contributed by atoms with Crippen LogP contribution >= 0.6 is 0 Å². The standard InChI is InChI=1S/C25H26N6O2/c32-25(21-16-20(28-29-21)17-6-2-1-3-7-17)30-13-10-18(11-14-30)31-23-19(8-4-12-26-23)27-24(31)22-9-5-15-33-22/h1-4,6-8,12,16,18,22H,5,9-11,13-15H2,(H,28,29). The number of aromatic nitrogens is 5. The molecule has 0 radical (unpaired) electrons. The van der Waals surface area contributed by atoms with E-state index in [1.165, 1.54) is 0 Å². The highest BCUT2D eigenvalue weighted by Gasteiger charge is 2.32. The molecule has 0 saturated carbocycles. The predicted octanol–water partition coefficient (Wildman–Crippen LogP) is 4.15. The lowest BCUT2D eigenvalue weighted by molar-refractivity contribution is 0.0676. The van der Waals surface area contributed by atoms with E-state index in [0.29, 0.717) is 18.8 Å². The minimum absolute atomic E-state index is 0.00362. The van der Waals surface area contributed by atoms with Crippen molar-refractivity contribution in [1.82, 2.24) is 29.6 Å². The Morgan fingerprint density at radius 1 is 1.06 bits per heavy atom. The Hall–Kier alpha value is -3.52. The number of H-pyrrole nitrogens is 1. The van der Waals surface area contributed by atoms with Gasteiger partial charge in [-0.1, -0.05) is 30.3 Å². The number of nitrogens with zero attached hydrogens (tertiary/aromatic N) is 5. The number of rotatable bonds is 4. The molecular formula is C25H26N6O2. The van der Waals surface area contributed by atoms with Crippen molar-refractivity contribution < 1.29 is 9.53 Å². The number of carbonyl (C=O) groups is 1. The van der Waals surface area contributed by atoms with Crippen LogP contribution < -0.4 is 0 Å². The SMILES string of the molecule is O=C(c1cc(-c2ccccc2)n[nH]1)N1CCC(n2c(C3CCCO3)nc3cccnc32)CC1. The van der Waals surface area contributed by atoms with Crippen LogP contribution in [0.2, 0.25) is 0 Å². The third kappa shape index (κ3) is 3.70. The second kappa shape index (κ2) is 8.44. The van der Waals surface area contributed by atoms with Gasteiger partial charge in [0.1, 0.15) is 23.1 Å². The van der Waals surface area contributed by atoms with Gasteiger partial charge in [-0.15, -0.1) is 0 Å². The van der Waals surface area contributed by atoms with E-state index in [-0.39, 0.29) is 18.1 Å². The number of benzene rings is 1. The number of imidazole rings is 1. The molecule has 168 valence electrons. The molecule has 33 heavy (non-hydrogen) atoms. The number of aromatic amines is 1. The molecule has 8 nitrogen and oxygen atoms in total. The largest absolute Gasteiger partial charge is 0.370 e. The molecular weight excluding hydrogens is 416 g/mol. The highest BCUT2D eigenvalue weighted by Crippen LogP contribution is 2.35. The number of amides is 1. The van der Waals surface area contributed by atoms with Crippen LogP contribution in [0.15, 0.2) is 54.7 Å². The van der Waals surface area contributed by atoms with Crippen LogP contribution in [-0.2, 0) is 4.74 Å². The van der Waals surface area contributed by atoms with Crippen molar-refractivity contribution in [3.05, 3.63) is 66.2 Å². The molecule has 5 heterocycles. The molecule has 1 amide bonds. The Labute approximate surface area is 191 Å². The number of nitrogens with one attached hydrogen (secondary N) is 1. The first-order valence-electron chi connectivity index (χ1n) is 11.6. The van der Waals surface area contributed by atoms with Crippen molar-refractivity contribution in [3.63, 3.8) is 0 Å². The van der Waals surface area contributed by atoms with E-state index in [4.69, 9.17) is 9.72 Å². The Bertz CT molecular complexity index is 1270. The quantitative estimate of drug-likeness (QED) is 0.513. The van der Waals surface area contributed by atoms with Crippen molar-refractivity contribution in [1.29, 1.82) is 0 Å². The number of pyridine rings is 1. The first-order valence-corrected chi connectivity index (χ1v) is 11.6. The number of hydrogen-bond donors (Lipinski definition) is 1. The zero-order valence-corrected chi connectivity index (χ0v) is 18.4. The van der Waals surface area contributed by atoms with E-state index in [1.54, 1.807) is 0 Å². The van der Waals surface area contributed by atoms with Crippen molar-refractivity contribution in [2.75, 3.05) is 19.7 Å². The first kappa shape index (κ1) is 20.1. The molecule has 6 rings (SSSR count). The molecule has 0 spiro atoms. The van der Waals surface area contributed by atoms with Gasteiger partial charge in [0, 0.05) is 37.5 Å². The number of ether oxygens (including phenoxy) is 1. The van der Waals surface area contributed by atoms with Crippen molar-refractivity contribution >= 4 is 17.1 Å². The molecule has 2 aliphatic heterocycles. The third-order valence-electron chi connectivity index (χ3n) is 6.69. The summed E-state index contributed by atoms with van der Waals surface area (Å²) < 4.78 is 8.24. The fourth-order valence-electron chi connectivity index (χ4n) is 5.00. The van der Waals surface area contributed by atoms with Crippen LogP contribution in [-0.4, -0.2) is 55.2 Å². The van der Waals surface area contributed by atoms with E-state index in [0.717, 1.165) is 60.5 Å². The maximum absolute atomic E-state index is 13.1. The molecule has 1 atom stereocenters. The van der Waals surface area contributed by atoms with Crippen LogP contribution in [0, 0.1) is 0 Å². The van der Waals surface area contributed by atoms with E-state index in [1.807, 2.05) is 59.6 Å². The van der Waals surface area contributed by atoms with Gasteiger partial charge in [0.2, 0.25) is 0 Å². The van der Waals surface area contributed by atoms with E-state index in [2.05, 4.69) is 19.7 Å². The van der Waals surface area contributed by atoms with Gasteiger partial charge in [-0.2, -0.15) is 5.10 Å². The molecule has 2 saturated heterocycles. The van der Waals surface area contributed by atoms with Crippen LogP contribution in [0.5, 0.6) is 0 Å². The van der Waals surface area contributed by atoms with Gasteiger partial charge in [0.25, 0.3) is 5.91 Å². The van der Waals surface area contributed by atoms with Gasteiger partial charge in [0.05, 0.1) is 5.69 Å². The topological polar surface area (TPSA) is 88.9 Å². The summed E-state index contributed by atoms with van der Waals surface area (Å²) in [5.74, 6) is 0.975. The highest BCUT2D eigenvalue weighted by molar-refractivity contribution is 5.93. The predicted molar refractivity (Wildman–Crippen MR) is 124 cm³/mol. The summed E-state index contributed by atoms with van der Waals surface area (Å²) in [5.41, 5.74) is 4.13. The van der Waals surface area contributed by atoms with Gasteiger partial charge < -0.3 is 14.2 Å². The van der Waals surface area contributed by atoms with Gasteiger partial charge in [0.15, 0.2) is 5.65 Å². The van der Waals surface area contributed by atoms with E-state index in [9.17, 15) is 4.79 Å². The fraction of sp³-hybridized carbons (Fsp3) is 0.360. The summed E-state index contributed by atoms with van der Waals surface area (Å²) in [6.07, 6.45) is 5.61. The van der Waals surface area contributed by atoms with Crippen LogP contribution in [0.25, 0.3) is 22.4 Å². The van der Waals surface area contributed by atoms with Crippen molar-refractivity contribution in [3.8, 4) is 11.3 Å². The Morgan fingerprint density at radius 2 is 1.91 bits per heavy atom. The fourth-order valence-corrected chi connectivity index (χ4v) is 5.00. The smallest absolute Gasteiger partial charge is 0.271 e. The summed E-state index contributed by atoms with van der Waals surface area (Å²) in [6.45, 7) is 2.14. The molecule has 3 aromatic heterocycles. The average molecular weight is 443 g/mol. The summed E-state index contributed by atoms with van der Waals surface area (Å²) >= 11 is 0. The second-order valence-electron chi connectivity index (χ2n) is 8.74. The maximum atomic E-state index is 13.1. The molecule has 1 N–H and O–H groups in total. The molecule has 1 unspecified atom stereocenters. The van der Waals surface area contributed by atoms with Gasteiger partial charge in [-0.05, 0) is 43.9 Å². The van der Waals surface area contributed by atoms with Gasteiger partial charge in [-0.25, -0.2) is 9.97 Å². The molecule has 0 aliphatic carbocycles. The monoisotopic (exact) mass is 442 g/mol. The zero-order valence-electron chi connectivity index (χ0n) is 18.4. The summed E-state index contributed by atoms with van der Waals surface area (Å²) in [6, 6.07) is 15.9. The van der Waals surface area contributed by atoms with E-state index >= 15 is 0 Å². The maximum Gasteiger partial charge on any atom is 0.271 e. The highest BCUT2D eigenvalue weighted by atomic mass is 16.5. The number of hydrogen-bond acceptors (Lipinski definition) is 5. The lowest BCUT2D eigenvalue weighted by Crippen LogP contribution is -2.39. The third-order valence-corrected chi connectivity index (χ3v) is 6.69.